The summed E-state index contributed by atoms with van der Waals surface area (Å²) >= 11 is 0. The van der Waals surface area contributed by atoms with Gasteiger partial charge in [0.25, 0.3) is 0 Å². The molecule has 4 heteroatoms. The first kappa shape index (κ1) is 17.0. The summed E-state index contributed by atoms with van der Waals surface area (Å²) < 4.78 is 0. The molecule has 0 heterocycles. The Morgan fingerprint density at radius 1 is 1.10 bits per heavy atom. The third-order valence-electron chi connectivity index (χ3n) is 5.02. The van der Waals surface area contributed by atoms with Crippen LogP contribution >= 0.6 is 0 Å². The highest BCUT2D eigenvalue weighted by atomic mass is 16.4. The van der Waals surface area contributed by atoms with Gasteiger partial charge in [0.1, 0.15) is 0 Å². The first-order valence-electron chi connectivity index (χ1n) is 7.92. The van der Waals surface area contributed by atoms with Gasteiger partial charge in [-0.15, -0.1) is 0 Å². The molecule has 1 saturated carbocycles. The van der Waals surface area contributed by atoms with Gasteiger partial charge in [-0.2, -0.15) is 0 Å². The van der Waals surface area contributed by atoms with Gasteiger partial charge >= 0.3 is 5.97 Å². The summed E-state index contributed by atoms with van der Waals surface area (Å²) in [6.45, 7) is 6.11. The van der Waals surface area contributed by atoms with E-state index in [0.717, 1.165) is 38.5 Å². The van der Waals surface area contributed by atoms with E-state index in [1.165, 1.54) is 0 Å². The summed E-state index contributed by atoms with van der Waals surface area (Å²) in [5.41, 5.74) is -1.06. The molecule has 2 N–H and O–H groups in total. The molecule has 0 saturated heterocycles. The molecule has 0 aromatic carbocycles. The van der Waals surface area contributed by atoms with Crippen LogP contribution in [0.1, 0.15) is 78.6 Å². The Balaban J connectivity index is 2.75. The fourth-order valence-electron chi connectivity index (χ4n) is 2.99. The molecular formula is C16H29NO3. The molecule has 0 aromatic rings. The van der Waals surface area contributed by atoms with Crippen molar-refractivity contribution in [2.75, 3.05) is 0 Å². The maximum absolute atomic E-state index is 12.3. The van der Waals surface area contributed by atoms with Crippen LogP contribution in [0.25, 0.3) is 0 Å². The molecule has 0 atom stereocenters. The maximum atomic E-state index is 12.3. The molecule has 116 valence electrons. The van der Waals surface area contributed by atoms with Crippen molar-refractivity contribution in [2.45, 2.75) is 84.1 Å². The summed E-state index contributed by atoms with van der Waals surface area (Å²) in [4.78, 5) is 24.0. The zero-order chi connectivity index (χ0) is 15.2. The number of hydrogen-bond acceptors (Lipinski definition) is 2. The summed E-state index contributed by atoms with van der Waals surface area (Å²) in [5, 5.41) is 12.6. The molecule has 1 aliphatic rings. The molecule has 1 amide bonds. The van der Waals surface area contributed by atoms with Crippen molar-refractivity contribution in [3.8, 4) is 0 Å². The minimum Gasteiger partial charge on any atom is -0.481 e. The quantitative estimate of drug-likeness (QED) is 0.733. The predicted octanol–water partition coefficient (Wildman–Crippen LogP) is 3.50. The number of carbonyl (C=O) groups excluding carboxylic acids is 1. The number of carboxylic acid groups (broad SMARTS) is 1. The van der Waals surface area contributed by atoms with Crippen molar-refractivity contribution < 1.29 is 14.7 Å². The lowest BCUT2D eigenvalue weighted by Gasteiger charge is -2.32. The van der Waals surface area contributed by atoms with Crippen LogP contribution in [0.4, 0.5) is 0 Å². The minimum absolute atomic E-state index is 0.111. The molecule has 1 rings (SSSR count). The molecule has 0 unspecified atom stereocenters. The van der Waals surface area contributed by atoms with Gasteiger partial charge in [0, 0.05) is 12.0 Å². The van der Waals surface area contributed by atoms with E-state index < -0.39 is 11.4 Å². The number of nitrogens with one attached hydrogen (secondary N) is 1. The molecule has 0 spiro atoms. The van der Waals surface area contributed by atoms with Gasteiger partial charge in [-0.1, -0.05) is 39.5 Å². The van der Waals surface area contributed by atoms with Gasteiger partial charge in [0.05, 0.1) is 5.41 Å². The second-order valence-corrected chi connectivity index (χ2v) is 6.49. The van der Waals surface area contributed by atoms with Crippen molar-refractivity contribution in [1.29, 1.82) is 0 Å². The van der Waals surface area contributed by atoms with Gasteiger partial charge in [-0.25, -0.2) is 0 Å². The monoisotopic (exact) mass is 283 g/mol. The van der Waals surface area contributed by atoms with E-state index in [-0.39, 0.29) is 17.9 Å². The Morgan fingerprint density at radius 2 is 1.60 bits per heavy atom. The number of carboxylic acids is 1. The number of amides is 1. The van der Waals surface area contributed by atoms with Crippen LogP contribution in [0.5, 0.6) is 0 Å². The summed E-state index contributed by atoms with van der Waals surface area (Å²) in [6, 6.07) is 0. The zero-order valence-electron chi connectivity index (χ0n) is 13.1. The highest BCUT2D eigenvalue weighted by molar-refractivity contribution is 5.85. The van der Waals surface area contributed by atoms with Gasteiger partial charge in [0.15, 0.2) is 0 Å². The Bertz CT molecular complexity index is 340. The minimum atomic E-state index is -0.844. The van der Waals surface area contributed by atoms with E-state index in [2.05, 4.69) is 5.32 Å². The van der Waals surface area contributed by atoms with E-state index in [1.807, 2.05) is 20.8 Å². The van der Waals surface area contributed by atoms with Crippen LogP contribution in [0.15, 0.2) is 0 Å². The first-order valence-corrected chi connectivity index (χ1v) is 7.92. The van der Waals surface area contributed by atoms with Crippen molar-refractivity contribution in [3.63, 3.8) is 0 Å². The second kappa shape index (κ2) is 7.09. The smallest absolute Gasteiger partial charge is 0.310 e. The highest BCUT2D eigenvalue weighted by Gasteiger charge is 2.41. The third-order valence-corrected chi connectivity index (χ3v) is 5.02. The van der Waals surface area contributed by atoms with Gasteiger partial charge in [0.2, 0.25) is 5.91 Å². The summed E-state index contributed by atoms with van der Waals surface area (Å²) in [5.74, 6) is -0.912. The number of hydrogen-bond donors (Lipinski definition) is 2. The average Bonchev–Trinajstić information content (AvgIpc) is 2.65. The molecule has 20 heavy (non-hydrogen) atoms. The Hall–Kier alpha value is -1.06. The van der Waals surface area contributed by atoms with Crippen molar-refractivity contribution in [2.24, 2.45) is 5.41 Å². The molecule has 0 radical (unpaired) electrons. The molecule has 0 bridgehead atoms. The van der Waals surface area contributed by atoms with E-state index in [1.54, 1.807) is 0 Å². The van der Waals surface area contributed by atoms with Crippen LogP contribution < -0.4 is 5.32 Å². The Kier molecular flexibility index (Phi) is 6.03. The van der Waals surface area contributed by atoms with Gasteiger partial charge < -0.3 is 10.4 Å². The standard InChI is InChI=1S/C16H29NO3/c1-4-15(3,5-2)17-13(18)12-16(14(19)20)10-8-6-7-9-11-16/h4-12H2,1-3H3,(H,17,18)(H,19,20). The van der Waals surface area contributed by atoms with Gasteiger partial charge in [-0.3, -0.25) is 9.59 Å². The molecule has 4 nitrogen and oxygen atoms in total. The second-order valence-electron chi connectivity index (χ2n) is 6.49. The van der Waals surface area contributed by atoms with E-state index in [4.69, 9.17) is 0 Å². The van der Waals surface area contributed by atoms with E-state index in [0.29, 0.717) is 12.8 Å². The summed E-state index contributed by atoms with van der Waals surface area (Å²) in [7, 11) is 0. The average molecular weight is 283 g/mol. The van der Waals surface area contributed by atoms with Crippen molar-refractivity contribution in [3.05, 3.63) is 0 Å². The lowest BCUT2D eigenvalue weighted by molar-refractivity contribution is -0.153. The Morgan fingerprint density at radius 3 is 2.00 bits per heavy atom. The normalized spacial score (nSPS) is 19.1. The maximum Gasteiger partial charge on any atom is 0.310 e. The van der Waals surface area contributed by atoms with Crippen LogP contribution in [-0.4, -0.2) is 22.5 Å². The Labute approximate surface area is 122 Å². The zero-order valence-corrected chi connectivity index (χ0v) is 13.1. The van der Waals surface area contributed by atoms with E-state index in [9.17, 15) is 14.7 Å². The molecule has 0 aromatic heterocycles. The predicted molar refractivity (Wildman–Crippen MR) is 79.5 cm³/mol. The van der Waals surface area contributed by atoms with Crippen LogP contribution in [0, 0.1) is 5.41 Å². The van der Waals surface area contributed by atoms with Gasteiger partial charge in [-0.05, 0) is 32.6 Å². The topological polar surface area (TPSA) is 66.4 Å². The first-order chi connectivity index (χ1) is 9.37. The fourth-order valence-corrected chi connectivity index (χ4v) is 2.99. The molecule has 1 fully saturated rings. The third kappa shape index (κ3) is 4.22. The largest absolute Gasteiger partial charge is 0.481 e. The number of carbonyl (C=O) groups is 2. The van der Waals surface area contributed by atoms with Crippen LogP contribution in [0.2, 0.25) is 0 Å². The molecular weight excluding hydrogens is 254 g/mol. The van der Waals surface area contributed by atoms with E-state index >= 15 is 0 Å². The lowest BCUT2D eigenvalue weighted by Crippen LogP contribution is -2.47. The number of aliphatic carboxylic acids is 1. The summed E-state index contributed by atoms with van der Waals surface area (Å²) in [6.07, 6.45) is 7.09. The van der Waals surface area contributed by atoms with Crippen LogP contribution in [0.3, 0.4) is 0 Å². The highest BCUT2D eigenvalue weighted by Crippen LogP contribution is 2.38. The SMILES string of the molecule is CCC(C)(CC)NC(=O)CC1(C(=O)O)CCCCCC1. The number of rotatable bonds is 6. The van der Waals surface area contributed by atoms with Crippen molar-refractivity contribution in [1.82, 2.24) is 5.32 Å². The molecule has 1 aliphatic carbocycles. The van der Waals surface area contributed by atoms with Crippen LogP contribution in [-0.2, 0) is 9.59 Å². The van der Waals surface area contributed by atoms with Crippen molar-refractivity contribution >= 4 is 11.9 Å². The molecule has 0 aliphatic heterocycles. The lowest BCUT2D eigenvalue weighted by atomic mass is 9.77. The fraction of sp³-hybridized carbons (Fsp3) is 0.875.